The highest BCUT2D eigenvalue weighted by molar-refractivity contribution is 5.79. The van der Waals surface area contributed by atoms with Gasteiger partial charge in [-0.3, -0.25) is 4.79 Å². The van der Waals surface area contributed by atoms with Crippen LogP contribution in [0, 0.1) is 11.8 Å². The van der Waals surface area contributed by atoms with Crippen molar-refractivity contribution in [2.75, 3.05) is 13.7 Å². The molecule has 3 heteroatoms. The Bertz CT molecular complexity index is 167. The molecule has 12 heavy (non-hydrogen) atoms. The summed E-state index contributed by atoms with van der Waals surface area (Å²) in [6.07, 6.45) is 1.05. The second-order valence-electron chi connectivity index (χ2n) is 3.58. The van der Waals surface area contributed by atoms with E-state index in [1.54, 1.807) is 14.0 Å². The van der Waals surface area contributed by atoms with Gasteiger partial charge < -0.3 is 9.84 Å². The molecule has 1 saturated carbocycles. The van der Waals surface area contributed by atoms with Crippen molar-refractivity contribution in [3.63, 3.8) is 0 Å². The van der Waals surface area contributed by atoms with Crippen LogP contribution >= 0.6 is 0 Å². The molecule has 0 saturated heterocycles. The van der Waals surface area contributed by atoms with E-state index in [9.17, 15) is 9.90 Å². The number of carbonyl (C=O) groups excluding carboxylic acids is 1. The summed E-state index contributed by atoms with van der Waals surface area (Å²) in [4.78, 5) is 11.0. The number of hydrogen-bond donors (Lipinski definition) is 1. The molecule has 0 aromatic heterocycles. The first-order valence-corrected chi connectivity index (χ1v) is 4.32. The minimum absolute atomic E-state index is 0.0982. The van der Waals surface area contributed by atoms with E-state index in [1.807, 2.05) is 0 Å². The fourth-order valence-electron chi connectivity index (χ4n) is 1.93. The summed E-state index contributed by atoms with van der Waals surface area (Å²) in [6, 6.07) is 0. The minimum atomic E-state index is -0.442. The summed E-state index contributed by atoms with van der Waals surface area (Å²) >= 11 is 0. The molecule has 0 bridgehead atoms. The Balaban J connectivity index is 2.44. The molecule has 0 heterocycles. The van der Waals surface area contributed by atoms with Crippen molar-refractivity contribution in [1.82, 2.24) is 0 Å². The van der Waals surface area contributed by atoms with Gasteiger partial charge in [0, 0.05) is 19.6 Å². The lowest BCUT2D eigenvalue weighted by atomic mass is 10.0. The van der Waals surface area contributed by atoms with E-state index in [2.05, 4.69) is 0 Å². The zero-order valence-corrected chi connectivity index (χ0v) is 7.62. The highest BCUT2D eigenvalue weighted by atomic mass is 16.5. The first-order valence-electron chi connectivity index (χ1n) is 4.32. The van der Waals surface area contributed by atoms with Gasteiger partial charge in [0.05, 0.1) is 6.10 Å². The average Bonchev–Trinajstić information content (AvgIpc) is 2.32. The van der Waals surface area contributed by atoms with Crippen LogP contribution in [-0.4, -0.2) is 30.7 Å². The Kier molecular flexibility index (Phi) is 3.23. The monoisotopic (exact) mass is 172 g/mol. The van der Waals surface area contributed by atoms with Crippen molar-refractivity contribution in [2.45, 2.75) is 25.9 Å². The molecule has 0 aromatic rings. The number of hydrogen-bond acceptors (Lipinski definition) is 3. The molecule has 70 valence electrons. The predicted molar refractivity (Wildman–Crippen MR) is 44.8 cm³/mol. The van der Waals surface area contributed by atoms with Gasteiger partial charge in [-0.25, -0.2) is 0 Å². The highest BCUT2D eigenvalue weighted by Crippen LogP contribution is 2.31. The maximum atomic E-state index is 11.0. The number of rotatable bonds is 3. The van der Waals surface area contributed by atoms with E-state index in [0.717, 1.165) is 6.42 Å². The van der Waals surface area contributed by atoms with Crippen molar-refractivity contribution in [2.24, 2.45) is 11.8 Å². The summed E-state index contributed by atoms with van der Waals surface area (Å²) in [6.45, 7) is 2.20. The van der Waals surface area contributed by atoms with E-state index >= 15 is 0 Å². The Labute approximate surface area is 72.7 Å². The van der Waals surface area contributed by atoms with Crippen molar-refractivity contribution < 1.29 is 14.6 Å². The van der Waals surface area contributed by atoms with Crippen LogP contribution in [0.3, 0.4) is 0 Å². The fraction of sp³-hybridized carbons (Fsp3) is 0.889. The highest BCUT2D eigenvalue weighted by Gasteiger charge is 2.35. The van der Waals surface area contributed by atoms with Crippen LogP contribution in [-0.2, 0) is 9.53 Å². The van der Waals surface area contributed by atoms with Gasteiger partial charge in [-0.05, 0) is 25.7 Å². The zero-order valence-electron chi connectivity index (χ0n) is 7.62. The number of ether oxygens (including phenoxy) is 1. The maximum Gasteiger partial charge on any atom is 0.135 e. The van der Waals surface area contributed by atoms with Gasteiger partial charge in [0.2, 0.25) is 0 Å². The lowest BCUT2D eigenvalue weighted by Gasteiger charge is -2.08. The lowest BCUT2D eigenvalue weighted by Crippen LogP contribution is -2.19. The van der Waals surface area contributed by atoms with E-state index in [0.29, 0.717) is 18.9 Å². The van der Waals surface area contributed by atoms with Gasteiger partial charge in [-0.1, -0.05) is 0 Å². The Hall–Kier alpha value is -0.410. The molecule has 3 unspecified atom stereocenters. The molecular weight excluding hydrogens is 156 g/mol. The average molecular weight is 172 g/mol. The number of aliphatic hydroxyl groups is 1. The largest absolute Gasteiger partial charge is 0.392 e. The predicted octanol–water partition coefficient (Wildman–Crippen LogP) is 0.609. The van der Waals surface area contributed by atoms with Gasteiger partial charge in [0.1, 0.15) is 5.78 Å². The molecule has 0 aromatic carbocycles. The van der Waals surface area contributed by atoms with Crippen LogP contribution in [0.2, 0.25) is 0 Å². The third kappa shape index (κ3) is 2.05. The molecule has 1 N–H and O–H groups in total. The molecule has 1 fully saturated rings. The number of carbonyl (C=O) groups is 1. The third-order valence-corrected chi connectivity index (χ3v) is 2.55. The first kappa shape index (κ1) is 9.68. The standard InChI is InChI=1S/C9H16O3/c1-6(10)8-3-7(5-12-2)4-9(8)11/h7-9,11H,3-5H2,1-2H3. The molecule has 1 aliphatic rings. The summed E-state index contributed by atoms with van der Waals surface area (Å²) in [7, 11) is 1.65. The SMILES string of the molecule is COCC1CC(O)C(C(C)=O)C1. The van der Waals surface area contributed by atoms with Crippen molar-refractivity contribution in [3.8, 4) is 0 Å². The topological polar surface area (TPSA) is 46.5 Å². The van der Waals surface area contributed by atoms with E-state index in [4.69, 9.17) is 4.74 Å². The molecule has 0 spiro atoms. The molecule has 1 aliphatic carbocycles. The third-order valence-electron chi connectivity index (χ3n) is 2.55. The zero-order chi connectivity index (χ0) is 9.14. The van der Waals surface area contributed by atoms with Crippen LogP contribution in [0.25, 0.3) is 0 Å². The van der Waals surface area contributed by atoms with Crippen molar-refractivity contribution in [1.29, 1.82) is 0 Å². The molecule has 0 amide bonds. The van der Waals surface area contributed by atoms with E-state index < -0.39 is 6.10 Å². The summed E-state index contributed by atoms with van der Waals surface area (Å²) in [5.41, 5.74) is 0. The molecule has 0 aliphatic heterocycles. The first-order chi connectivity index (χ1) is 5.65. The van der Waals surface area contributed by atoms with Crippen LogP contribution < -0.4 is 0 Å². The van der Waals surface area contributed by atoms with Crippen LogP contribution in [0.5, 0.6) is 0 Å². The van der Waals surface area contributed by atoms with E-state index in [1.165, 1.54) is 0 Å². The quantitative estimate of drug-likeness (QED) is 0.678. The molecule has 3 atom stereocenters. The van der Waals surface area contributed by atoms with Crippen LogP contribution in [0.4, 0.5) is 0 Å². The normalized spacial score (nSPS) is 35.4. The van der Waals surface area contributed by atoms with E-state index in [-0.39, 0.29) is 11.7 Å². The smallest absolute Gasteiger partial charge is 0.135 e. The number of ketones is 1. The summed E-state index contributed by atoms with van der Waals surface area (Å²) in [5, 5.41) is 9.48. The Morgan fingerprint density at radius 1 is 1.58 bits per heavy atom. The van der Waals surface area contributed by atoms with Gasteiger partial charge in [0.25, 0.3) is 0 Å². The van der Waals surface area contributed by atoms with Crippen molar-refractivity contribution in [3.05, 3.63) is 0 Å². The molecule has 1 rings (SSSR count). The maximum absolute atomic E-state index is 11.0. The van der Waals surface area contributed by atoms with Gasteiger partial charge >= 0.3 is 0 Å². The summed E-state index contributed by atoms with van der Waals surface area (Å²) < 4.78 is 4.98. The second kappa shape index (κ2) is 4.01. The second-order valence-corrected chi connectivity index (χ2v) is 3.58. The van der Waals surface area contributed by atoms with Gasteiger partial charge in [-0.15, -0.1) is 0 Å². The Morgan fingerprint density at radius 2 is 2.25 bits per heavy atom. The molecular formula is C9H16O3. The molecule has 3 nitrogen and oxygen atoms in total. The number of aliphatic hydroxyl groups excluding tert-OH is 1. The Morgan fingerprint density at radius 3 is 2.67 bits per heavy atom. The van der Waals surface area contributed by atoms with Crippen LogP contribution in [0.15, 0.2) is 0 Å². The minimum Gasteiger partial charge on any atom is -0.392 e. The lowest BCUT2D eigenvalue weighted by molar-refractivity contribution is -0.123. The molecule has 0 radical (unpaired) electrons. The van der Waals surface area contributed by atoms with Gasteiger partial charge in [-0.2, -0.15) is 0 Å². The fourth-order valence-corrected chi connectivity index (χ4v) is 1.93. The van der Waals surface area contributed by atoms with Crippen LogP contribution in [0.1, 0.15) is 19.8 Å². The number of methoxy groups -OCH3 is 1. The van der Waals surface area contributed by atoms with Crippen molar-refractivity contribution >= 4 is 5.78 Å². The number of Topliss-reactive ketones (excluding diaryl/α,β-unsaturated/α-hetero) is 1. The van der Waals surface area contributed by atoms with Gasteiger partial charge in [0.15, 0.2) is 0 Å². The summed E-state index contributed by atoms with van der Waals surface area (Å²) in [5.74, 6) is 0.310.